The fraction of sp³-hybridized carbons (Fsp3) is 0.385. The van der Waals surface area contributed by atoms with Crippen molar-refractivity contribution in [1.29, 1.82) is 5.26 Å². The van der Waals surface area contributed by atoms with Gasteiger partial charge in [0, 0.05) is 35.1 Å². The molecule has 0 saturated heterocycles. The Morgan fingerprint density at radius 1 is 1.31 bits per heavy atom. The average Bonchev–Trinajstić information content (AvgIpc) is 3.54. The molecule has 1 aliphatic heterocycles. The van der Waals surface area contributed by atoms with Gasteiger partial charge >= 0.3 is 11.9 Å². The van der Waals surface area contributed by atoms with Gasteiger partial charge in [-0.15, -0.1) is 0 Å². The lowest BCUT2D eigenvalue weighted by Gasteiger charge is -2.27. The molecular weight excluding hydrogens is 455 g/mol. The summed E-state index contributed by atoms with van der Waals surface area (Å²) in [5, 5.41) is 21.6. The first-order valence-corrected chi connectivity index (χ1v) is 11.5. The van der Waals surface area contributed by atoms with Crippen LogP contribution in [-0.4, -0.2) is 36.2 Å². The highest BCUT2D eigenvalue weighted by atomic mass is 19.1. The van der Waals surface area contributed by atoms with E-state index in [1.165, 1.54) is 6.07 Å². The molecule has 2 atom stereocenters. The summed E-state index contributed by atoms with van der Waals surface area (Å²) in [6.45, 7) is 2.35. The van der Waals surface area contributed by atoms with Crippen LogP contribution in [0, 0.1) is 23.1 Å². The van der Waals surface area contributed by atoms with Crippen molar-refractivity contribution in [1.82, 2.24) is 0 Å². The predicted molar refractivity (Wildman–Crippen MR) is 123 cm³/mol. The van der Waals surface area contributed by atoms with E-state index in [2.05, 4.69) is 11.4 Å². The number of halogens is 1. The van der Waals surface area contributed by atoms with E-state index in [9.17, 15) is 29.1 Å². The first-order chi connectivity index (χ1) is 16.8. The van der Waals surface area contributed by atoms with E-state index in [1.807, 2.05) is 0 Å². The topological polar surface area (TPSA) is 126 Å². The number of anilines is 1. The third kappa shape index (κ3) is 4.83. The quantitative estimate of drug-likeness (QED) is 0.548. The molecule has 1 aliphatic carbocycles. The molecule has 2 N–H and O–H groups in total. The van der Waals surface area contributed by atoms with Gasteiger partial charge in [-0.3, -0.25) is 9.59 Å². The number of hydrogen-bond acceptors (Lipinski definition) is 6. The Kier molecular flexibility index (Phi) is 6.74. The summed E-state index contributed by atoms with van der Waals surface area (Å²) in [4.78, 5) is 36.4. The highest BCUT2D eigenvalue weighted by Crippen LogP contribution is 2.61. The Labute approximate surface area is 201 Å². The lowest BCUT2D eigenvalue weighted by molar-refractivity contribution is -0.143. The van der Waals surface area contributed by atoms with Crippen LogP contribution in [0.15, 0.2) is 30.3 Å². The minimum Gasteiger partial charge on any atom is -0.493 e. The number of hydrogen-bond donors (Lipinski definition) is 2. The molecule has 1 amide bonds. The van der Waals surface area contributed by atoms with Gasteiger partial charge in [-0.2, -0.15) is 5.26 Å². The summed E-state index contributed by atoms with van der Waals surface area (Å²) >= 11 is 0. The number of rotatable bonds is 8. The van der Waals surface area contributed by atoms with Gasteiger partial charge in [0.15, 0.2) is 0 Å². The first kappa shape index (κ1) is 24.2. The Balaban J connectivity index is 1.53. The van der Waals surface area contributed by atoms with E-state index in [0.717, 1.165) is 11.6 Å². The van der Waals surface area contributed by atoms with Crippen molar-refractivity contribution in [3.63, 3.8) is 0 Å². The fourth-order valence-electron chi connectivity index (χ4n) is 4.78. The van der Waals surface area contributed by atoms with Gasteiger partial charge < -0.3 is 19.9 Å². The van der Waals surface area contributed by atoms with E-state index in [1.54, 1.807) is 25.1 Å². The molecule has 1 heterocycles. The molecule has 9 heteroatoms. The fourth-order valence-corrected chi connectivity index (χ4v) is 4.78. The number of aryl methyl sites for hydroxylation is 1. The average molecular weight is 480 g/mol. The van der Waals surface area contributed by atoms with Crippen molar-refractivity contribution in [2.75, 3.05) is 18.5 Å². The molecule has 1 spiro atoms. The molecule has 2 aliphatic rings. The first-order valence-electron chi connectivity index (χ1n) is 11.5. The van der Waals surface area contributed by atoms with Crippen LogP contribution in [0.2, 0.25) is 0 Å². The predicted octanol–water partition coefficient (Wildman–Crippen LogP) is 3.96. The van der Waals surface area contributed by atoms with Crippen LogP contribution in [0.1, 0.15) is 59.7 Å². The van der Waals surface area contributed by atoms with Gasteiger partial charge in [0.25, 0.3) is 0 Å². The Morgan fingerprint density at radius 3 is 2.83 bits per heavy atom. The van der Waals surface area contributed by atoms with E-state index < -0.39 is 28.7 Å². The van der Waals surface area contributed by atoms with Gasteiger partial charge in [0.05, 0.1) is 30.4 Å². The molecule has 1 fully saturated rings. The molecule has 1 saturated carbocycles. The van der Waals surface area contributed by atoms with Gasteiger partial charge in [-0.25, -0.2) is 9.18 Å². The molecule has 0 radical (unpaired) electrons. The van der Waals surface area contributed by atoms with Gasteiger partial charge in [0.2, 0.25) is 5.91 Å². The van der Waals surface area contributed by atoms with Crippen molar-refractivity contribution in [2.45, 2.75) is 44.4 Å². The number of benzene rings is 2. The zero-order chi connectivity index (χ0) is 25.2. The van der Waals surface area contributed by atoms with E-state index >= 15 is 0 Å². The van der Waals surface area contributed by atoms with Crippen LogP contribution < -0.4 is 10.1 Å². The molecular formula is C26H25FN2O6. The molecule has 2 unspecified atom stereocenters. The molecule has 2 aromatic rings. The van der Waals surface area contributed by atoms with Crippen LogP contribution in [0.25, 0.3) is 0 Å². The van der Waals surface area contributed by atoms with Crippen LogP contribution >= 0.6 is 0 Å². The van der Waals surface area contributed by atoms with Crippen molar-refractivity contribution < 1.29 is 33.4 Å². The largest absolute Gasteiger partial charge is 0.493 e. The monoisotopic (exact) mass is 480 g/mol. The third-order valence-corrected chi connectivity index (χ3v) is 6.66. The number of carboxylic acid groups (broad SMARTS) is 1. The molecule has 2 aromatic carbocycles. The smallest absolute Gasteiger partial charge is 0.338 e. The Morgan fingerprint density at radius 2 is 2.11 bits per heavy atom. The Hall–Kier alpha value is -3.93. The molecule has 8 nitrogen and oxygen atoms in total. The number of amides is 1. The van der Waals surface area contributed by atoms with Crippen LogP contribution in [0.3, 0.4) is 0 Å². The highest BCUT2D eigenvalue weighted by Gasteiger charge is 2.61. The summed E-state index contributed by atoms with van der Waals surface area (Å²) in [5.74, 6) is -3.00. The van der Waals surface area contributed by atoms with Gasteiger partial charge in [-0.05, 0) is 56.4 Å². The minimum atomic E-state index is -1.38. The van der Waals surface area contributed by atoms with Crippen LogP contribution in [0.5, 0.6) is 5.75 Å². The minimum absolute atomic E-state index is 0.242. The van der Waals surface area contributed by atoms with E-state index in [4.69, 9.17) is 9.47 Å². The standard InChI is InChI=1S/C26H25FN2O6/c1-2-34-23(30)5-3-4-16-7-6-15(14-28)10-21(16)29-24(31)19-13-26(19)8-9-35-22-12-20(27)17(25(32)33)11-18(22)26/h6-7,10-12,19H,2-5,8-9,13H2,1H3,(H,29,31)(H,32,33). The molecule has 35 heavy (non-hydrogen) atoms. The number of carbonyl (C=O) groups is 3. The van der Waals surface area contributed by atoms with Crippen molar-refractivity contribution >= 4 is 23.5 Å². The maximum absolute atomic E-state index is 14.2. The number of ether oxygens (including phenoxy) is 2. The maximum Gasteiger partial charge on any atom is 0.338 e. The lowest BCUT2D eigenvalue weighted by Crippen LogP contribution is -2.27. The normalized spacial score (nSPS) is 19.7. The Bertz CT molecular complexity index is 1240. The summed E-state index contributed by atoms with van der Waals surface area (Å²) in [7, 11) is 0. The number of fused-ring (bicyclic) bond motifs is 2. The third-order valence-electron chi connectivity index (χ3n) is 6.66. The second kappa shape index (κ2) is 9.74. The maximum atomic E-state index is 14.2. The van der Waals surface area contributed by atoms with Crippen LogP contribution in [-0.2, 0) is 26.2 Å². The number of aromatic carboxylic acids is 1. The number of nitrogens with zero attached hydrogens (tertiary/aromatic N) is 1. The molecule has 0 aromatic heterocycles. The molecule has 182 valence electrons. The number of nitriles is 1. The van der Waals surface area contributed by atoms with Crippen molar-refractivity contribution in [3.05, 3.63) is 58.4 Å². The van der Waals surface area contributed by atoms with E-state index in [-0.39, 0.29) is 24.0 Å². The number of esters is 1. The van der Waals surface area contributed by atoms with Crippen LogP contribution in [0.4, 0.5) is 10.1 Å². The van der Waals surface area contributed by atoms with Gasteiger partial charge in [0.1, 0.15) is 11.6 Å². The molecule has 0 bridgehead atoms. The summed E-state index contributed by atoms with van der Waals surface area (Å²) in [6.07, 6.45) is 2.26. The van der Waals surface area contributed by atoms with Crippen molar-refractivity contribution in [2.24, 2.45) is 5.92 Å². The van der Waals surface area contributed by atoms with E-state index in [0.29, 0.717) is 55.7 Å². The molecule has 4 rings (SSSR count). The number of carbonyl (C=O) groups excluding carboxylic acids is 2. The number of carboxylic acids is 1. The highest BCUT2D eigenvalue weighted by molar-refractivity contribution is 5.97. The summed E-state index contributed by atoms with van der Waals surface area (Å²) in [5.41, 5.74) is 1.13. The summed E-state index contributed by atoms with van der Waals surface area (Å²) < 4.78 is 24.7. The van der Waals surface area contributed by atoms with Crippen molar-refractivity contribution in [3.8, 4) is 11.8 Å². The second-order valence-electron chi connectivity index (χ2n) is 8.78. The van der Waals surface area contributed by atoms with Gasteiger partial charge in [-0.1, -0.05) is 6.07 Å². The lowest BCUT2D eigenvalue weighted by atomic mass is 9.86. The SMILES string of the molecule is CCOC(=O)CCCc1ccc(C#N)cc1NC(=O)C1CC12CCOc1cc(F)c(C(=O)O)cc12. The summed E-state index contributed by atoms with van der Waals surface area (Å²) in [6, 6.07) is 9.43. The zero-order valence-corrected chi connectivity index (χ0v) is 19.2. The number of nitrogens with one attached hydrogen (secondary N) is 1. The second-order valence-corrected chi connectivity index (χ2v) is 8.78. The zero-order valence-electron chi connectivity index (χ0n) is 19.2.